The van der Waals surface area contributed by atoms with E-state index in [4.69, 9.17) is 16.6 Å². The number of hydrazine groups is 1. The van der Waals surface area contributed by atoms with Gasteiger partial charge in [-0.3, -0.25) is 4.79 Å². The van der Waals surface area contributed by atoms with Crippen molar-refractivity contribution in [2.45, 2.75) is 45.1 Å². The molecule has 0 aromatic carbocycles. The lowest BCUT2D eigenvalue weighted by atomic mass is 10.1. The van der Waals surface area contributed by atoms with Gasteiger partial charge in [-0.15, -0.1) is 0 Å². The molecule has 0 radical (unpaired) electrons. The maximum Gasteiger partial charge on any atom is 0.265 e. The van der Waals surface area contributed by atoms with E-state index in [0.29, 0.717) is 47.9 Å². The minimum atomic E-state index is -2.70. The highest BCUT2D eigenvalue weighted by Crippen LogP contribution is 2.32. The molecule has 0 aliphatic carbocycles. The van der Waals surface area contributed by atoms with Gasteiger partial charge in [0, 0.05) is 45.4 Å². The van der Waals surface area contributed by atoms with E-state index in [1.807, 2.05) is 19.2 Å². The average molecular weight is 474 g/mol. The summed E-state index contributed by atoms with van der Waals surface area (Å²) in [5.41, 5.74) is 10.1. The number of anilines is 2. The Morgan fingerprint density at radius 2 is 1.88 bits per heavy atom. The molecule has 0 spiro atoms. The van der Waals surface area contributed by atoms with Gasteiger partial charge in [0.15, 0.2) is 0 Å². The second-order valence-corrected chi connectivity index (χ2v) is 9.06. The molecule has 0 saturated carbocycles. The molecule has 2 fully saturated rings. The van der Waals surface area contributed by atoms with Crippen molar-refractivity contribution in [3.63, 3.8) is 0 Å². The summed E-state index contributed by atoms with van der Waals surface area (Å²) in [5.74, 6) is 3.41. The standard InChI is InChI=1S/C24H33F2N7O/c1-3-18-20(32-11-4-10-24(25,26)16-32)8-7-19(29-18)23(27)21(30(2)28)15-33-14-17(6-9-22(33)34)31-12-5-13-31/h6-9,14H,3-5,10-13,15-16,27-28H2,1-2H3/b23-21-. The number of halogens is 2. The van der Waals surface area contributed by atoms with Crippen molar-refractivity contribution in [2.24, 2.45) is 11.6 Å². The Balaban J connectivity index is 1.65. The summed E-state index contributed by atoms with van der Waals surface area (Å²) in [6, 6.07) is 6.92. The number of alkyl halides is 2. The third-order valence-corrected chi connectivity index (χ3v) is 6.54. The molecule has 4 rings (SSSR count). The molecule has 0 amide bonds. The molecule has 8 nitrogen and oxygen atoms in total. The maximum atomic E-state index is 14.0. The van der Waals surface area contributed by atoms with E-state index in [9.17, 15) is 13.6 Å². The molecule has 2 aliphatic rings. The van der Waals surface area contributed by atoms with Crippen molar-refractivity contribution < 1.29 is 8.78 Å². The minimum Gasteiger partial charge on any atom is -0.395 e. The molecule has 34 heavy (non-hydrogen) atoms. The molecule has 2 aromatic rings. The van der Waals surface area contributed by atoms with Gasteiger partial charge in [0.05, 0.1) is 47.2 Å². The fraction of sp³-hybridized carbons (Fsp3) is 0.500. The quantitative estimate of drug-likeness (QED) is 0.471. The number of nitrogens with zero attached hydrogens (tertiary/aromatic N) is 5. The van der Waals surface area contributed by atoms with E-state index in [2.05, 4.69) is 4.90 Å². The van der Waals surface area contributed by atoms with E-state index in [0.717, 1.165) is 25.2 Å². The van der Waals surface area contributed by atoms with Crippen molar-refractivity contribution in [1.29, 1.82) is 0 Å². The van der Waals surface area contributed by atoms with Crippen molar-refractivity contribution >= 4 is 17.1 Å². The molecule has 2 saturated heterocycles. The van der Waals surface area contributed by atoms with Gasteiger partial charge in [-0.05, 0) is 37.5 Å². The van der Waals surface area contributed by atoms with Crippen molar-refractivity contribution in [2.75, 3.05) is 43.0 Å². The number of aryl methyl sites for hydroxylation is 1. The Morgan fingerprint density at radius 3 is 2.50 bits per heavy atom. The average Bonchev–Trinajstić information content (AvgIpc) is 2.76. The van der Waals surface area contributed by atoms with Gasteiger partial charge >= 0.3 is 0 Å². The van der Waals surface area contributed by atoms with Gasteiger partial charge in [0.2, 0.25) is 0 Å². The van der Waals surface area contributed by atoms with Gasteiger partial charge in [-0.1, -0.05) is 6.92 Å². The first kappa shape index (κ1) is 24.0. The maximum absolute atomic E-state index is 14.0. The molecule has 4 heterocycles. The van der Waals surface area contributed by atoms with Crippen molar-refractivity contribution in [3.8, 4) is 0 Å². The van der Waals surface area contributed by atoms with E-state index >= 15 is 0 Å². The van der Waals surface area contributed by atoms with Crippen molar-refractivity contribution in [3.05, 3.63) is 57.9 Å². The third kappa shape index (κ3) is 5.01. The summed E-state index contributed by atoms with van der Waals surface area (Å²) in [6.45, 7) is 4.33. The number of allylic oxidation sites excluding steroid dienone is 1. The second kappa shape index (κ2) is 9.61. The summed E-state index contributed by atoms with van der Waals surface area (Å²) >= 11 is 0. The highest BCUT2D eigenvalue weighted by atomic mass is 19.3. The predicted molar refractivity (Wildman–Crippen MR) is 131 cm³/mol. The van der Waals surface area contributed by atoms with Gasteiger partial charge in [-0.2, -0.15) is 0 Å². The van der Waals surface area contributed by atoms with Crippen LogP contribution in [0, 0.1) is 0 Å². The predicted octanol–water partition coefficient (Wildman–Crippen LogP) is 2.38. The van der Waals surface area contributed by atoms with E-state index in [1.54, 1.807) is 34.7 Å². The summed E-state index contributed by atoms with van der Waals surface area (Å²) in [5, 5.41) is 1.39. The lowest BCUT2D eigenvalue weighted by molar-refractivity contribution is -0.0117. The van der Waals surface area contributed by atoms with Crippen LogP contribution in [0.2, 0.25) is 0 Å². The zero-order chi connectivity index (χ0) is 24.5. The van der Waals surface area contributed by atoms with E-state index in [-0.39, 0.29) is 25.1 Å². The lowest BCUT2D eigenvalue weighted by Crippen LogP contribution is -2.43. The summed E-state index contributed by atoms with van der Waals surface area (Å²) in [4.78, 5) is 21.1. The fourth-order valence-electron chi connectivity index (χ4n) is 4.46. The van der Waals surface area contributed by atoms with Crippen LogP contribution in [-0.2, 0) is 13.0 Å². The van der Waals surface area contributed by atoms with E-state index < -0.39 is 5.92 Å². The first-order valence-electron chi connectivity index (χ1n) is 11.7. The Kier molecular flexibility index (Phi) is 6.79. The molecule has 0 unspecified atom stereocenters. The van der Waals surface area contributed by atoms with Crippen LogP contribution in [-0.4, -0.2) is 53.7 Å². The first-order valence-corrected chi connectivity index (χ1v) is 11.7. The van der Waals surface area contributed by atoms with Crippen LogP contribution in [0.4, 0.5) is 20.2 Å². The fourth-order valence-corrected chi connectivity index (χ4v) is 4.46. The van der Waals surface area contributed by atoms with Gasteiger partial charge in [0.1, 0.15) is 0 Å². The van der Waals surface area contributed by atoms with Gasteiger partial charge in [0.25, 0.3) is 11.5 Å². The number of nitrogens with two attached hydrogens (primary N) is 2. The normalized spacial score (nSPS) is 18.4. The molecular formula is C24H33F2N7O. The molecular weight excluding hydrogens is 440 g/mol. The number of piperidine rings is 1. The molecule has 2 aromatic heterocycles. The Labute approximate surface area is 198 Å². The molecule has 10 heteroatoms. The van der Waals surface area contributed by atoms with Crippen LogP contribution in [0.15, 0.2) is 41.0 Å². The first-order chi connectivity index (χ1) is 16.2. The highest BCUT2D eigenvalue weighted by molar-refractivity contribution is 5.65. The minimum absolute atomic E-state index is 0.0866. The number of rotatable bonds is 7. The molecule has 2 aliphatic heterocycles. The summed E-state index contributed by atoms with van der Waals surface area (Å²) < 4.78 is 29.6. The Bertz CT molecular complexity index is 1120. The zero-order valence-corrected chi connectivity index (χ0v) is 19.8. The lowest BCUT2D eigenvalue weighted by Gasteiger charge is -2.35. The van der Waals surface area contributed by atoms with Crippen LogP contribution < -0.4 is 26.9 Å². The molecule has 0 bridgehead atoms. The van der Waals surface area contributed by atoms with Gasteiger partial charge < -0.3 is 25.1 Å². The molecule has 184 valence electrons. The second-order valence-electron chi connectivity index (χ2n) is 9.06. The number of hydrogen-bond acceptors (Lipinski definition) is 7. The number of aromatic nitrogens is 2. The smallest absolute Gasteiger partial charge is 0.265 e. The molecule has 0 atom stereocenters. The topological polar surface area (TPSA) is 96.6 Å². The van der Waals surface area contributed by atoms with Crippen molar-refractivity contribution in [1.82, 2.24) is 14.6 Å². The number of hydrogen-bond donors (Lipinski definition) is 2. The summed E-state index contributed by atoms with van der Waals surface area (Å²) in [7, 11) is 1.66. The zero-order valence-electron chi connectivity index (χ0n) is 19.8. The monoisotopic (exact) mass is 473 g/mol. The van der Waals surface area contributed by atoms with Crippen LogP contribution in [0.5, 0.6) is 0 Å². The van der Waals surface area contributed by atoms with Crippen LogP contribution >= 0.6 is 0 Å². The Morgan fingerprint density at radius 1 is 1.15 bits per heavy atom. The highest BCUT2D eigenvalue weighted by Gasteiger charge is 2.36. The third-order valence-electron chi connectivity index (χ3n) is 6.54. The van der Waals surface area contributed by atoms with Crippen LogP contribution in [0.25, 0.3) is 5.70 Å². The molecule has 4 N–H and O–H groups in total. The van der Waals surface area contributed by atoms with Crippen LogP contribution in [0.1, 0.15) is 37.6 Å². The Hall–Kier alpha value is -3.14. The summed E-state index contributed by atoms with van der Waals surface area (Å²) in [6.07, 6.45) is 3.88. The van der Waals surface area contributed by atoms with E-state index in [1.165, 1.54) is 5.01 Å². The number of pyridine rings is 2. The van der Waals surface area contributed by atoms with Crippen LogP contribution in [0.3, 0.4) is 0 Å². The SMILES string of the molecule is CCc1nc(/C(N)=C(\Cn2cc(N3CCC3)ccc2=O)N(C)N)ccc1N1CCCC(F)(F)C1. The van der Waals surface area contributed by atoms with Gasteiger partial charge in [-0.25, -0.2) is 19.6 Å². The number of likely N-dealkylation sites (N-methyl/N-ethyl adjacent to an activating group) is 1. The largest absolute Gasteiger partial charge is 0.395 e.